The van der Waals surface area contributed by atoms with Gasteiger partial charge in [-0.3, -0.25) is 0 Å². The number of benzene rings is 1. The van der Waals surface area contributed by atoms with E-state index in [4.69, 9.17) is 4.74 Å². The van der Waals surface area contributed by atoms with E-state index in [0.29, 0.717) is 19.7 Å². The molecule has 19 heavy (non-hydrogen) atoms. The lowest BCUT2D eigenvalue weighted by Crippen LogP contribution is -2.21. The molecule has 0 aliphatic carbocycles. The zero-order valence-electron chi connectivity index (χ0n) is 10.7. The van der Waals surface area contributed by atoms with Crippen LogP contribution in [0.15, 0.2) is 24.3 Å². The first-order chi connectivity index (χ1) is 9.29. The standard InChI is InChI=1S/C12H16FN5O/c1-19-7-6-14-8-12-15-16-17-18(12)9-10-2-4-11(13)5-3-10/h2-5,14H,6-9H2,1H3. The molecule has 0 fully saturated rings. The summed E-state index contributed by atoms with van der Waals surface area (Å²) >= 11 is 0. The largest absolute Gasteiger partial charge is 0.383 e. The lowest BCUT2D eigenvalue weighted by atomic mass is 10.2. The Morgan fingerprint density at radius 2 is 2.11 bits per heavy atom. The predicted molar refractivity (Wildman–Crippen MR) is 66.9 cm³/mol. The van der Waals surface area contributed by atoms with Crippen LogP contribution in [0.25, 0.3) is 0 Å². The quantitative estimate of drug-likeness (QED) is 0.743. The molecule has 1 aromatic carbocycles. The maximum atomic E-state index is 12.8. The van der Waals surface area contributed by atoms with Crippen molar-refractivity contribution in [3.63, 3.8) is 0 Å². The maximum absolute atomic E-state index is 12.8. The fraction of sp³-hybridized carbons (Fsp3) is 0.417. The third-order valence-electron chi connectivity index (χ3n) is 2.62. The zero-order valence-corrected chi connectivity index (χ0v) is 10.7. The van der Waals surface area contributed by atoms with Gasteiger partial charge in [-0.1, -0.05) is 12.1 Å². The lowest BCUT2D eigenvalue weighted by molar-refractivity contribution is 0.198. The van der Waals surface area contributed by atoms with Crippen molar-refractivity contribution in [3.05, 3.63) is 41.5 Å². The Morgan fingerprint density at radius 3 is 2.84 bits per heavy atom. The molecule has 0 saturated carbocycles. The normalized spacial score (nSPS) is 10.8. The summed E-state index contributed by atoms with van der Waals surface area (Å²) in [5.74, 6) is 0.488. The van der Waals surface area contributed by atoms with Gasteiger partial charge in [0.1, 0.15) is 5.82 Å². The molecular formula is C12H16FN5O. The van der Waals surface area contributed by atoms with Gasteiger partial charge in [0, 0.05) is 13.7 Å². The summed E-state index contributed by atoms with van der Waals surface area (Å²) in [5, 5.41) is 14.7. The molecular weight excluding hydrogens is 249 g/mol. The van der Waals surface area contributed by atoms with Crippen LogP contribution in [-0.4, -0.2) is 40.5 Å². The summed E-state index contributed by atoms with van der Waals surface area (Å²) < 4.78 is 19.4. The molecule has 102 valence electrons. The van der Waals surface area contributed by atoms with E-state index in [1.165, 1.54) is 12.1 Å². The molecule has 0 spiro atoms. The van der Waals surface area contributed by atoms with Crippen LogP contribution in [0.4, 0.5) is 4.39 Å². The maximum Gasteiger partial charge on any atom is 0.165 e. The number of hydrogen-bond acceptors (Lipinski definition) is 5. The van der Waals surface area contributed by atoms with Crippen LogP contribution < -0.4 is 5.32 Å². The summed E-state index contributed by atoms with van der Waals surface area (Å²) in [4.78, 5) is 0. The third-order valence-corrected chi connectivity index (χ3v) is 2.62. The molecule has 0 amide bonds. The highest BCUT2D eigenvalue weighted by Gasteiger charge is 2.06. The Kier molecular flexibility index (Phi) is 4.93. The highest BCUT2D eigenvalue weighted by Crippen LogP contribution is 2.05. The Balaban J connectivity index is 1.93. The van der Waals surface area contributed by atoms with Gasteiger partial charge in [0.25, 0.3) is 0 Å². The molecule has 0 bridgehead atoms. The highest BCUT2D eigenvalue weighted by molar-refractivity contribution is 5.16. The Bertz CT molecular complexity index is 499. The van der Waals surface area contributed by atoms with E-state index < -0.39 is 0 Å². The molecule has 1 aromatic heterocycles. The van der Waals surface area contributed by atoms with Crippen LogP contribution in [0.5, 0.6) is 0 Å². The van der Waals surface area contributed by atoms with Crippen molar-refractivity contribution >= 4 is 0 Å². The SMILES string of the molecule is COCCNCc1nnnn1Cc1ccc(F)cc1. The van der Waals surface area contributed by atoms with Gasteiger partial charge in [-0.25, -0.2) is 9.07 Å². The van der Waals surface area contributed by atoms with Gasteiger partial charge >= 0.3 is 0 Å². The summed E-state index contributed by atoms with van der Waals surface area (Å²) in [6.07, 6.45) is 0. The number of nitrogens with one attached hydrogen (secondary N) is 1. The van der Waals surface area contributed by atoms with Gasteiger partial charge in [0.05, 0.1) is 19.7 Å². The van der Waals surface area contributed by atoms with Gasteiger partial charge in [-0.2, -0.15) is 0 Å². The topological polar surface area (TPSA) is 64.9 Å². The zero-order chi connectivity index (χ0) is 13.5. The molecule has 0 unspecified atom stereocenters. The van der Waals surface area contributed by atoms with Crippen molar-refractivity contribution in [2.75, 3.05) is 20.3 Å². The Morgan fingerprint density at radius 1 is 1.32 bits per heavy atom. The average molecular weight is 265 g/mol. The number of hydrogen-bond donors (Lipinski definition) is 1. The molecule has 0 radical (unpaired) electrons. The molecule has 2 rings (SSSR count). The van der Waals surface area contributed by atoms with Gasteiger partial charge in [-0.05, 0) is 28.1 Å². The van der Waals surface area contributed by atoms with Crippen molar-refractivity contribution in [2.24, 2.45) is 0 Å². The fourth-order valence-corrected chi connectivity index (χ4v) is 1.61. The average Bonchev–Trinajstić information content (AvgIpc) is 2.85. The lowest BCUT2D eigenvalue weighted by Gasteiger charge is -2.06. The number of methoxy groups -OCH3 is 1. The summed E-state index contributed by atoms with van der Waals surface area (Å²) in [6.45, 7) is 2.46. The first kappa shape index (κ1) is 13.6. The van der Waals surface area contributed by atoms with Crippen LogP contribution in [0.1, 0.15) is 11.4 Å². The van der Waals surface area contributed by atoms with Gasteiger partial charge in [0.15, 0.2) is 5.82 Å². The third kappa shape index (κ3) is 4.08. The highest BCUT2D eigenvalue weighted by atomic mass is 19.1. The molecule has 7 heteroatoms. The second-order valence-electron chi connectivity index (χ2n) is 4.05. The van der Waals surface area contributed by atoms with Crippen molar-refractivity contribution in [2.45, 2.75) is 13.1 Å². The van der Waals surface area contributed by atoms with E-state index in [1.54, 1.807) is 23.9 Å². The second kappa shape index (κ2) is 6.91. The monoisotopic (exact) mass is 265 g/mol. The molecule has 0 atom stereocenters. The first-order valence-corrected chi connectivity index (χ1v) is 5.98. The van der Waals surface area contributed by atoms with Crippen LogP contribution in [-0.2, 0) is 17.8 Å². The van der Waals surface area contributed by atoms with Crippen LogP contribution in [0.2, 0.25) is 0 Å². The van der Waals surface area contributed by atoms with Crippen molar-refractivity contribution < 1.29 is 9.13 Å². The molecule has 0 aliphatic heterocycles. The minimum atomic E-state index is -0.248. The fourth-order valence-electron chi connectivity index (χ4n) is 1.61. The minimum Gasteiger partial charge on any atom is -0.383 e. The molecule has 0 saturated heterocycles. The Hall–Kier alpha value is -1.86. The first-order valence-electron chi connectivity index (χ1n) is 5.98. The number of nitrogens with zero attached hydrogens (tertiary/aromatic N) is 4. The van der Waals surface area contributed by atoms with E-state index in [1.807, 2.05) is 0 Å². The molecule has 1 N–H and O–H groups in total. The Labute approximate surface area is 110 Å². The second-order valence-corrected chi connectivity index (χ2v) is 4.05. The molecule has 2 aromatic rings. The number of tetrazole rings is 1. The van der Waals surface area contributed by atoms with E-state index >= 15 is 0 Å². The summed E-state index contributed by atoms with van der Waals surface area (Å²) in [6, 6.07) is 6.30. The van der Waals surface area contributed by atoms with Gasteiger partial charge in [-0.15, -0.1) is 5.10 Å². The number of rotatable bonds is 7. The van der Waals surface area contributed by atoms with Gasteiger partial charge < -0.3 is 10.1 Å². The predicted octanol–water partition coefficient (Wildman–Crippen LogP) is 0.596. The number of aromatic nitrogens is 4. The number of halogens is 1. The summed E-state index contributed by atoms with van der Waals surface area (Å²) in [5.41, 5.74) is 0.951. The smallest absolute Gasteiger partial charge is 0.165 e. The molecule has 0 aliphatic rings. The molecule has 1 heterocycles. The van der Waals surface area contributed by atoms with Gasteiger partial charge in [0.2, 0.25) is 0 Å². The van der Waals surface area contributed by atoms with E-state index in [0.717, 1.165) is 17.9 Å². The molecule has 6 nitrogen and oxygen atoms in total. The van der Waals surface area contributed by atoms with Crippen molar-refractivity contribution in [1.82, 2.24) is 25.5 Å². The van der Waals surface area contributed by atoms with Crippen LogP contribution >= 0.6 is 0 Å². The number of ether oxygens (including phenoxy) is 1. The minimum absolute atomic E-state index is 0.248. The van der Waals surface area contributed by atoms with E-state index in [-0.39, 0.29) is 5.82 Å². The summed E-state index contributed by atoms with van der Waals surface area (Å²) in [7, 11) is 1.65. The van der Waals surface area contributed by atoms with Crippen molar-refractivity contribution in [3.8, 4) is 0 Å². The van der Waals surface area contributed by atoms with Crippen LogP contribution in [0.3, 0.4) is 0 Å². The van der Waals surface area contributed by atoms with E-state index in [9.17, 15) is 4.39 Å². The van der Waals surface area contributed by atoms with E-state index in [2.05, 4.69) is 20.8 Å². The van der Waals surface area contributed by atoms with Crippen LogP contribution in [0, 0.1) is 5.82 Å². The van der Waals surface area contributed by atoms with Crippen molar-refractivity contribution in [1.29, 1.82) is 0 Å².